The molecule has 0 bridgehead atoms. The minimum Gasteiger partial charge on any atom is -0.327 e. The minimum absolute atomic E-state index is 0. The number of hydrogen-bond donors (Lipinski definition) is 2. The second kappa shape index (κ2) is 8.43. The van der Waals surface area contributed by atoms with Crippen molar-refractivity contribution in [2.45, 2.75) is 26.3 Å². The Labute approximate surface area is 157 Å². The van der Waals surface area contributed by atoms with E-state index in [0.29, 0.717) is 0 Å². The Hall–Kier alpha value is -1.95. The van der Waals surface area contributed by atoms with Gasteiger partial charge in [-0.05, 0) is 36.8 Å². The average molecular weight is 376 g/mol. The molecule has 1 heterocycles. The summed E-state index contributed by atoms with van der Waals surface area (Å²) in [5.74, 6) is -0.267. The van der Waals surface area contributed by atoms with Gasteiger partial charge >= 0.3 is 0 Å². The molecule has 25 heavy (non-hydrogen) atoms. The highest BCUT2D eigenvalue weighted by molar-refractivity contribution is 7.18. The second-order valence-corrected chi connectivity index (χ2v) is 7.20. The first kappa shape index (κ1) is 19.4. The fourth-order valence-corrected chi connectivity index (χ4v) is 3.37. The predicted octanol–water partition coefficient (Wildman–Crippen LogP) is 4.23. The molecule has 0 aliphatic rings. The summed E-state index contributed by atoms with van der Waals surface area (Å²) in [5, 5.41) is 4.00. The SMILES string of the molecule is CC(N)C(C)C(=O)Nc1ccc(Cc2nc3ccccc3s2)cc1.Cl. The maximum absolute atomic E-state index is 12.0. The van der Waals surface area contributed by atoms with Gasteiger partial charge in [0.15, 0.2) is 0 Å². The first-order chi connectivity index (χ1) is 11.5. The van der Waals surface area contributed by atoms with E-state index < -0.39 is 0 Å². The Morgan fingerprint density at radius 2 is 1.84 bits per heavy atom. The van der Waals surface area contributed by atoms with E-state index >= 15 is 0 Å². The zero-order valence-electron chi connectivity index (χ0n) is 14.2. The van der Waals surface area contributed by atoms with Crippen molar-refractivity contribution in [3.8, 4) is 0 Å². The van der Waals surface area contributed by atoms with Crippen LogP contribution in [0.15, 0.2) is 48.5 Å². The van der Waals surface area contributed by atoms with Crippen LogP contribution in [-0.4, -0.2) is 16.9 Å². The molecule has 0 aliphatic heterocycles. The standard InChI is InChI=1S/C19H21N3OS.ClH/c1-12(13(2)20)19(23)21-15-9-7-14(8-10-15)11-18-22-16-5-3-4-6-17(16)24-18;/h3-10,12-13H,11,20H2,1-2H3,(H,21,23);1H. The molecule has 0 radical (unpaired) electrons. The predicted molar refractivity (Wildman–Crippen MR) is 108 cm³/mol. The van der Waals surface area contributed by atoms with Crippen molar-refractivity contribution in [1.29, 1.82) is 0 Å². The lowest BCUT2D eigenvalue weighted by atomic mass is 10.0. The van der Waals surface area contributed by atoms with Crippen molar-refractivity contribution in [3.63, 3.8) is 0 Å². The van der Waals surface area contributed by atoms with Crippen LogP contribution in [0.25, 0.3) is 10.2 Å². The number of nitrogens with zero attached hydrogens (tertiary/aromatic N) is 1. The lowest BCUT2D eigenvalue weighted by Gasteiger charge is -2.15. The van der Waals surface area contributed by atoms with Crippen LogP contribution in [0.2, 0.25) is 0 Å². The summed E-state index contributed by atoms with van der Waals surface area (Å²) in [6, 6.07) is 15.9. The molecule has 0 aliphatic carbocycles. The van der Waals surface area contributed by atoms with Crippen LogP contribution >= 0.6 is 23.7 Å². The molecule has 0 saturated carbocycles. The number of rotatable bonds is 5. The molecule has 3 aromatic rings. The highest BCUT2D eigenvalue weighted by Gasteiger charge is 2.16. The number of carbonyl (C=O) groups excluding carboxylic acids is 1. The maximum Gasteiger partial charge on any atom is 0.228 e. The Bertz CT molecular complexity index is 812. The summed E-state index contributed by atoms with van der Waals surface area (Å²) >= 11 is 1.72. The molecule has 2 unspecified atom stereocenters. The van der Waals surface area contributed by atoms with Gasteiger partial charge in [0.2, 0.25) is 5.91 Å². The third kappa shape index (κ3) is 4.78. The van der Waals surface area contributed by atoms with E-state index in [2.05, 4.69) is 16.4 Å². The molecule has 6 heteroatoms. The number of amides is 1. The first-order valence-electron chi connectivity index (χ1n) is 8.03. The van der Waals surface area contributed by atoms with Crippen molar-refractivity contribution in [1.82, 2.24) is 4.98 Å². The smallest absolute Gasteiger partial charge is 0.228 e. The lowest BCUT2D eigenvalue weighted by Crippen LogP contribution is -2.34. The normalized spacial score (nSPS) is 13.1. The van der Waals surface area contributed by atoms with E-state index in [0.717, 1.165) is 22.6 Å². The van der Waals surface area contributed by atoms with Crippen LogP contribution < -0.4 is 11.1 Å². The van der Waals surface area contributed by atoms with Gasteiger partial charge in [0.25, 0.3) is 0 Å². The van der Waals surface area contributed by atoms with Gasteiger partial charge in [-0.25, -0.2) is 4.98 Å². The van der Waals surface area contributed by atoms with Crippen molar-refractivity contribution in [3.05, 3.63) is 59.1 Å². The molecule has 1 amide bonds. The van der Waals surface area contributed by atoms with Crippen LogP contribution in [0.5, 0.6) is 0 Å². The summed E-state index contributed by atoms with van der Waals surface area (Å²) in [5.41, 5.74) is 8.78. The van der Waals surface area contributed by atoms with Gasteiger partial charge < -0.3 is 11.1 Å². The number of hydrogen-bond acceptors (Lipinski definition) is 4. The monoisotopic (exact) mass is 375 g/mol. The van der Waals surface area contributed by atoms with Gasteiger partial charge in [-0.1, -0.05) is 31.2 Å². The molecule has 3 N–H and O–H groups in total. The minimum atomic E-state index is -0.215. The van der Waals surface area contributed by atoms with Crippen molar-refractivity contribution in [2.75, 3.05) is 5.32 Å². The van der Waals surface area contributed by atoms with E-state index in [4.69, 9.17) is 5.73 Å². The van der Waals surface area contributed by atoms with Gasteiger partial charge in [0, 0.05) is 18.2 Å². The van der Waals surface area contributed by atoms with Crippen molar-refractivity contribution >= 4 is 45.6 Å². The molecule has 0 fully saturated rings. The zero-order valence-corrected chi connectivity index (χ0v) is 15.9. The number of para-hydroxylation sites is 1. The molecular weight excluding hydrogens is 354 g/mol. The number of carbonyl (C=O) groups is 1. The molecule has 0 saturated heterocycles. The summed E-state index contributed by atoms with van der Waals surface area (Å²) in [6.45, 7) is 3.67. The number of halogens is 1. The van der Waals surface area contributed by atoms with Gasteiger partial charge in [0.1, 0.15) is 0 Å². The summed E-state index contributed by atoms with van der Waals surface area (Å²) in [4.78, 5) is 16.7. The Balaban J connectivity index is 0.00000225. The molecule has 1 aromatic heterocycles. The van der Waals surface area contributed by atoms with Crippen molar-refractivity contribution in [2.24, 2.45) is 11.7 Å². The lowest BCUT2D eigenvalue weighted by molar-refractivity contribution is -0.119. The number of benzene rings is 2. The Morgan fingerprint density at radius 1 is 1.16 bits per heavy atom. The molecule has 2 aromatic carbocycles. The molecule has 3 rings (SSSR count). The fraction of sp³-hybridized carbons (Fsp3) is 0.263. The molecule has 4 nitrogen and oxygen atoms in total. The summed E-state index contributed by atoms with van der Waals surface area (Å²) in [7, 11) is 0. The topological polar surface area (TPSA) is 68.0 Å². The van der Waals surface area contributed by atoms with Crippen LogP contribution in [0.1, 0.15) is 24.4 Å². The number of nitrogens with one attached hydrogen (secondary N) is 1. The van der Waals surface area contributed by atoms with E-state index in [1.54, 1.807) is 11.3 Å². The van der Waals surface area contributed by atoms with Crippen LogP contribution in [0.3, 0.4) is 0 Å². The number of nitrogens with two attached hydrogens (primary N) is 1. The fourth-order valence-electron chi connectivity index (χ4n) is 2.37. The molecule has 132 valence electrons. The number of aromatic nitrogens is 1. The quantitative estimate of drug-likeness (QED) is 0.701. The van der Waals surface area contributed by atoms with Gasteiger partial charge in [0.05, 0.1) is 21.1 Å². The number of anilines is 1. The van der Waals surface area contributed by atoms with Crippen LogP contribution in [0.4, 0.5) is 5.69 Å². The largest absolute Gasteiger partial charge is 0.327 e. The molecule has 2 atom stereocenters. The van der Waals surface area contributed by atoms with Crippen LogP contribution in [-0.2, 0) is 11.2 Å². The summed E-state index contributed by atoms with van der Waals surface area (Å²) in [6.07, 6.45) is 0.795. The average Bonchev–Trinajstić information content (AvgIpc) is 2.98. The highest BCUT2D eigenvalue weighted by Crippen LogP contribution is 2.24. The summed E-state index contributed by atoms with van der Waals surface area (Å²) < 4.78 is 1.21. The Kier molecular flexibility index (Phi) is 6.53. The maximum atomic E-state index is 12.0. The third-order valence-electron chi connectivity index (χ3n) is 4.12. The van der Waals surface area contributed by atoms with Crippen LogP contribution in [0, 0.1) is 5.92 Å². The van der Waals surface area contributed by atoms with Gasteiger partial charge in [-0.3, -0.25) is 4.79 Å². The zero-order chi connectivity index (χ0) is 17.1. The van der Waals surface area contributed by atoms with Gasteiger partial charge in [-0.2, -0.15) is 0 Å². The van der Waals surface area contributed by atoms with Crippen molar-refractivity contribution < 1.29 is 4.79 Å². The Morgan fingerprint density at radius 3 is 2.48 bits per heavy atom. The molecular formula is C19H22ClN3OS. The number of fused-ring (bicyclic) bond motifs is 1. The first-order valence-corrected chi connectivity index (χ1v) is 8.84. The van der Waals surface area contributed by atoms with E-state index in [9.17, 15) is 4.79 Å². The van der Waals surface area contributed by atoms with E-state index in [-0.39, 0.29) is 30.3 Å². The molecule has 0 spiro atoms. The number of thiazole rings is 1. The highest BCUT2D eigenvalue weighted by atomic mass is 35.5. The van der Waals surface area contributed by atoms with E-state index in [1.165, 1.54) is 10.3 Å². The second-order valence-electron chi connectivity index (χ2n) is 6.09. The third-order valence-corrected chi connectivity index (χ3v) is 5.15. The van der Waals surface area contributed by atoms with Gasteiger partial charge in [-0.15, -0.1) is 23.7 Å². The van der Waals surface area contributed by atoms with E-state index in [1.807, 2.05) is 56.3 Å².